The normalized spacial score (nSPS) is 19.8. The molecule has 2 aliphatic heterocycles. The Morgan fingerprint density at radius 3 is 2.04 bits per heavy atom. The summed E-state index contributed by atoms with van der Waals surface area (Å²) in [6, 6.07) is 7.50. The van der Waals surface area contributed by atoms with Gasteiger partial charge in [0.2, 0.25) is 11.8 Å². The number of carbonyl (C=O) groups is 2. The lowest BCUT2D eigenvalue weighted by molar-refractivity contribution is -0.133. The van der Waals surface area contributed by atoms with Gasteiger partial charge in [-0.1, -0.05) is 12.1 Å². The molecular formula is C19H28N4O2. The first-order valence-electron chi connectivity index (χ1n) is 9.23. The van der Waals surface area contributed by atoms with Crippen LogP contribution in [0.4, 0.5) is 0 Å². The monoisotopic (exact) mass is 344 g/mol. The zero-order chi connectivity index (χ0) is 17.6. The van der Waals surface area contributed by atoms with E-state index in [9.17, 15) is 9.59 Å². The molecule has 6 heteroatoms. The van der Waals surface area contributed by atoms with Gasteiger partial charge >= 0.3 is 0 Å². The number of nitrogens with two attached hydrogens (primary N) is 1. The van der Waals surface area contributed by atoms with Crippen LogP contribution in [-0.2, 0) is 11.3 Å². The number of piperidine rings is 1. The molecule has 0 saturated carbocycles. The van der Waals surface area contributed by atoms with Crippen LogP contribution in [0.3, 0.4) is 0 Å². The SMILES string of the molecule is NC(=O)c1ccc(CN2CCN(CC(=O)N3CCCCC3)CC2)cc1. The van der Waals surface area contributed by atoms with Crippen molar-refractivity contribution in [3.05, 3.63) is 35.4 Å². The number of amides is 2. The number of nitrogens with zero attached hydrogens (tertiary/aromatic N) is 3. The van der Waals surface area contributed by atoms with Gasteiger partial charge in [-0.2, -0.15) is 0 Å². The Morgan fingerprint density at radius 1 is 0.840 bits per heavy atom. The van der Waals surface area contributed by atoms with Crippen molar-refractivity contribution in [2.75, 3.05) is 45.8 Å². The van der Waals surface area contributed by atoms with E-state index in [0.29, 0.717) is 12.1 Å². The summed E-state index contributed by atoms with van der Waals surface area (Å²) in [5, 5.41) is 0. The first-order chi connectivity index (χ1) is 12.1. The van der Waals surface area contributed by atoms with Gasteiger partial charge in [-0.25, -0.2) is 0 Å². The fourth-order valence-corrected chi connectivity index (χ4v) is 3.57. The zero-order valence-electron chi connectivity index (χ0n) is 14.8. The third-order valence-corrected chi connectivity index (χ3v) is 5.18. The van der Waals surface area contributed by atoms with Crippen LogP contribution in [0.2, 0.25) is 0 Å². The number of primary amides is 1. The van der Waals surface area contributed by atoms with Crippen molar-refractivity contribution in [2.24, 2.45) is 5.73 Å². The van der Waals surface area contributed by atoms with Gasteiger partial charge in [0, 0.05) is 51.4 Å². The number of piperazine rings is 1. The highest BCUT2D eigenvalue weighted by Crippen LogP contribution is 2.12. The van der Waals surface area contributed by atoms with Gasteiger partial charge in [-0.3, -0.25) is 19.4 Å². The lowest BCUT2D eigenvalue weighted by atomic mass is 10.1. The standard InChI is InChI=1S/C19H28N4O2/c20-19(25)17-6-4-16(5-7-17)14-21-10-12-22(13-11-21)15-18(24)23-8-2-1-3-9-23/h4-7H,1-3,8-15H2,(H2,20,25). The van der Waals surface area contributed by atoms with Crippen molar-refractivity contribution in [3.8, 4) is 0 Å². The molecule has 2 amide bonds. The lowest BCUT2D eigenvalue weighted by Gasteiger charge is -2.36. The number of benzene rings is 1. The van der Waals surface area contributed by atoms with Crippen LogP contribution in [-0.4, -0.2) is 72.3 Å². The Labute approximate surface area is 149 Å². The Hall–Kier alpha value is -1.92. The maximum atomic E-state index is 12.4. The average Bonchev–Trinajstić information content (AvgIpc) is 2.64. The van der Waals surface area contributed by atoms with Crippen molar-refractivity contribution in [1.82, 2.24) is 14.7 Å². The molecule has 0 unspecified atom stereocenters. The van der Waals surface area contributed by atoms with Gasteiger partial charge in [-0.15, -0.1) is 0 Å². The lowest BCUT2D eigenvalue weighted by Crippen LogP contribution is -2.50. The molecular weight excluding hydrogens is 316 g/mol. The number of hydrogen-bond donors (Lipinski definition) is 1. The van der Waals surface area contributed by atoms with Gasteiger partial charge in [0.1, 0.15) is 0 Å². The Kier molecular flexibility index (Phi) is 6.04. The van der Waals surface area contributed by atoms with Crippen LogP contribution in [0.1, 0.15) is 35.2 Å². The maximum absolute atomic E-state index is 12.4. The van der Waals surface area contributed by atoms with Crippen molar-refractivity contribution < 1.29 is 9.59 Å². The predicted molar refractivity (Wildman–Crippen MR) is 97.1 cm³/mol. The van der Waals surface area contributed by atoms with Crippen LogP contribution >= 0.6 is 0 Å². The van der Waals surface area contributed by atoms with E-state index >= 15 is 0 Å². The van der Waals surface area contributed by atoms with E-state index in [2.05, 4.69) is 9.80 Å². The van der Waals surface area contributed by atoms with E-state index in [0.717, 1.165) is 58.7 Å². The molecule has 0 bridgehead atoms. The van der Waals surface area contributed by atoms with Crippen LogP contribution in [0.25, 0.3) is 0 Å². The van der Waals surface area contributed by atoms with Gasteiger partial charge in [-0.05, 0) is 37.0 Å². The van der Waals surface area contributed by atoms with Crippen molar-refractivity contribution in [2.45, 2.75) is 25.8 Å². The van der Waals surface area contributed by atoms with Crippen molar-refractivity contribution in [3.63, 3.8) is 0 Å². The van der Waals surface area contributed by atoms with E-state index in [1.807, 2.05) is 17.0 Å². The van der Waals surface area contributed by atoms with Crippen LogP contribution in [0.5, 0.6) is 0 Å². The highest BCUT2D eigenvalue weighted by atomic mass is 16.2. The molecule has 2 saturated heterocycles. The molecule has 2 heterocycles. The number of rotatable bonds is 5. The van der Waals surface area contributed by atoms with E-state index in [4.69, 9.17) is 5.73 Å². The molecule has 2 fully saturated rings. The predicted octanol–water partition coefficient (Wildman–Crippen LogP) is 0.916. The minimum absolute atomic E-state index is 0.287. The summed E-state index contributed by atoms with van der Waals surface area (Å²) >= 11 is 0. The van der Waals surface area contributed by atoms with Gasteiger partial charge in [0.25, 0.3) is 0 Å². The van der Waals surface area contributed by atoms with E-state index in [1.54, 1.807) is 12.1 Å². The Bertz CT molecular complexity index is 588. The van der Waals surface area contributed by atoms with Gasteiger partial charge < -0.3 is 10.6 Å². The molecule has 1 aromatic carbocycles. The summed E-state index contributed by atoms with van der Waals surface area (Å²) in [5.74, 6) is -0.103. The third-order valence-electron chi connectivity index (χ3n) is 5.18. The summed E-state index contributed by atoms with van der Waals surface area (Å²) in [4.78, 5) is 30.2. The molecule has 0 radical (unpaired) electrons. The second-order valence-electron chi connectivity index (χ2n) is 7.05. The zero-order valence-corrected chi connectivity index (χ0v) is 14.8. The minimum atomic E-state index is -0.390. The summed E-state index contributed by atoms with van der Waals surface area (Å²) in [6.45, 7) is 7.07. The summed E-state index contributed by atoms with van der Waals surface area (Å²) in [7, 11) is 0. The second-order valence-corrected chi connectivity index (χ2v) is 7.05. The maximum Gasteiger partial charge on any atom is 0.248 e. The van der Waals surface area contributed by atoms with Crippen LogP contribution in [0, 0.1) is 0 Å². The van der Waals surface area contributed by atoms with Gasteiger partial charge in [0.05, 0.1) is 6.54 Å². The molecule has 0 aliphatic carbocycles. The summed E-state index contributed by atoms with van der Waals surface area (Å²) < 4.78 is 0. The summed E-state index contributed by atoms with van der Waals surface area (Å²) in [5.41, 5.74) is 7.00. The first-order valence-corrected chi connectivity index (χ1v) is 9.23. The molecule has 0 atom stereocenters. The van der Waals surface area contributed by atoms with E-state index < -0.39 is 5.91 Å². The number of carbonyl (C=O) groups excluding carboxylic acids is 2. The molecule has 2 N–H and O–H groups in total. The molecule has 25 heavy (non-hydrogen) atoms. The third kappa shape index (κ3) is 5.03. The largest absolute Gasteiger partial charge is 0.366 e. The second kappa shape index (κ2) is 8.45. The Balaban J connectivity index is 1.42. The number of hydrogen-bond acceptors (Lipinski definition) is 4. The van der Waals surface area contributed by atoms with E-state index in [1.165, 1.54) is 12.0 Å². The molecule has 0 spiro atoms. The highest BCUT2D eigenvalue weighted by Gasteiger charge is 2.22. The molecule has 2 aliphatic rings. The highest BCUT2D eigenvalue weighted by molar-refractivity contribution is 5.92. The minimum Gasteiger partial charge on any atom is -0.366 e. The van der Waals surface area contributed by atoms with Crippen LogP contribution < -0.4 is 5.73 Å². The molecule has 6 nitrogen and oxygen atoms in total. The van der Waals surface area contributed by atoms with Gasteiger partial charge in [0.15, 0.2) is 0 Å². The molecule has 0 aromatic heterocycles. The van der Waals surface area contributed by atoms with Crippen LogP contribution in [0.15, 0.2) is 24.3 Å². The molecule has 3 rings (SSSR count). The molecule has 136 valence electrons. The first kappa shape index (κ1) is 17.9. The fourth-order valence-electron chi connectivity index (χ4n) is 3.57. The van der Waals surface area contributed by atoms with Crippen molar-refractivity contribution >= 4 is 11.8 Å². The number of likely N-dealkylation sites (tertiary alicyclic amines) is 1. The van der Waals surface area contributed by atoms with Crippen molar-refractivity contribution in [1.29, 1.82) is 0 Å². The fraction of sp³-hybridized carbons (Fsp3) is 0.579. The quantitative estimate of drug-likeness (QED) is 0.862. The molecule has 1 aromatic rings. The smallest absolute Gasteiger partial charge is 0.248 e. The topological polar surface area (TPSA) is 69.9 Å². The Morgan fingerprint density at radius 2 is 1.44 bits per heavy atom. The average molecular weight is 344 g/mol. The van der Waals surface area contributed by atoms with E-state index in [-0.39, 0.29) is 5.91 Å². The summed E-state index contributed by atoms with van der Waals surface area (Å²) in [6.07, 6.45) is 3.55.